The molecule has 0 spiro atoms. The minimum Gasteiger partial charge on any atom is -0.484 e. The summed E-state index contributed by atoms with van der Waals surface area (Å²) < 4.78 is 7.18. The molecule has 0 aliphatic heterocycles. The van der Waals surface area contributed by atoms with E-state index < -0.39 is 0 Å². The van der Waals surface area contributed by atoms with Crippen molar-refractivity contribution < 1.29 is 9.53 Å². The van der Waals surface area contributed by atoms with E-state index in [1.54, 1.807) is 41.3 Å². The van der Waals surface area contributed by atoms with Crippen LogP contribution in [0.5, 0.6) is 5.75 Å². The van der Waals surface area contributed by atoms with Crippen molar-refractivity contribution in [2.45, 2.75) is 6.54 Å². The third kappa shape index (κ3) is 5.06. The van der Waals surface area contributed by atoms with Crippen molar-refractivity contribution in [2.75, 3.05) is 13.2 Å². The third-order valence-corrected chi connectivity index (χ3v) is 3.72. The zero-order valence-corrected chi connectivity index (χ0v) is 14.2. The lowest BCUT2D eigenvalue weighted by atomic mass is 10.2. The minimum atomic E-state index is -0.184. The molecule has 1 amide bonds. The molecule has 2 heterocycles. The second-order valence-corrected chi connectivity index (χ2v) is 5.73. The van der Waals surface area contributed by atoms with Crippen molar-refractivity contribution in [3.05, 3.63) is 66.1 Å². The Morgan fingerprint density at radius 2 is 1.88 bits per heavy atom. The van der Waals surface area contributed by atoms with Gasteiger partial charge in [-0.2, -0.15) is 5.10 Å². The molecule has 0 saturated heterocycles. The molecule has 0 aliphatic rings. The summed E-state index contributed by atoms with van der Waals surface area (Å²) in [5, 5.41) is 7.90. The van der Waals surface area contributed by atoms with E-state index in [0.29, 0.717) is 23.9 Å². The quantitative estimate of drug-likeness (QED) is 0.706. The van der Waals surface area contributed by atoms with E-state index in [4.69, 9.17) is 16.3 Å². The fourth-order valence-corrected chi connectivity index (χ4v) is 2.33. The first-order valence-electron chi connectivity index (χ1n) is 7.79. The van der Waals surface area contributed by atoms with Crippen molar-refractivity contribution >= 4 is 17.5 Å². The number of aromatic nitrogens is 3. The second-order valence-electron chi connectivity index (χ2n) is 5.29. The number of pyridine rings is 1. The fraction of sp³-hybridized carbons (Fsp3) is 0.167. The molecule has 25 heavy (non-hydrogen) atoms. The normalized spacial score (nSPS) is 10.4. The number of carbonyl (C=O) groups excluding carboxylic acids is 1. The van der Waals surface area contributed by atoms with Crippen LogP contribution in [-0.4, -0.2) is 33.8 Å². The van der Waals surface area contributed by atoms with Crippen molar-refractivity contribution in [3.63, 3.8) is 0 Å². The number of halogens is 1. The van der Waals surface area contributed by atoms with Crippen molar-refractivity contribution in [1.82, 2.24) is 20.1 Å². The van der Waals surface area contributed by atoms with Crippen LogP contribution in [0.15, 0.2) is 61.1 Å². The smallest absolute Gasteiger partial charge is 0.258 e. The summed E-state index contributed by atoms with van der Waals surface area (Å²) in [7, 11) is 0. The van der Waals surface area contributed by atoms with E-state index in [1.165, 1.54) is 0 Å². The van der Waals surface area contributed by atoms with E-state index in [1.807, 2.05) is 24.4 Å². The highest BCUT2D eigenvalue weighted by molar-refractivity contribution is 6.30. The topological polar surface area (TPSA) is 69.0 Å². The van der Waals surface area contributed by atoms with Gasteiger partial charge in [0.15, 0.2) is 6.61 Å². The molecule has 0 unspecified atom stereocenters. The number of ether oxygens (including phenoxy) is 1. The van der Waals surface area contributed by atoms with Gasteiger partial charge in [0, 0.05) is 35.7 Å². The van der Waals surface area contributed by atoms with Crippen molar-refractivity contribution in [3.8, 4) is 17.0 Å². The van der Waals surface area contributed by atoms with Crippen LogP contribution in [0.4, 0.5) is 0 Å². The molecular weight excluding hydrogens is 340 g/mol. The SMILES string of the molecule is O=C(COc1ccc(Cl)cc1)NCCn1ccc(-c2ccncc2)n1. The first-order valence-corrected chi connectivity index (χ1v) is 8.17. The summed E-state index contributed by atoms with van der Waals surface area (Å²) in [4.78, 5) is 15.8. The van der Waals surface area contributed by atoms with Crippen LogP contribution in [0.1, 0.15) is 0 Å². The number of hydrogen-bond donors (Lipinski definition) is 1. The maximum Gasteiger partial charge on any atom is 0.258 e. The van der Waals surface area contributed by atoms with Crippen LogP contribution >= 0.6 is 11.6 Å². The molecule has 1 N–H and O–H groups in total. The van der Waals surface area contributed by atoms with Gasteiger partial charge < -0.3 is 10.1 Å². The highest BCUT2D eigenvalue weighted by Gasteiger charge is 2.04. The highest BCUT2D eigenvalue weighted by Crippen LogP contribution is 2.15. The number of benzene rings is 1. The van der Waals surface area contributed by atoms with Gasteiger partial charge in [-0.1, -0.05) is 11.6 Å². The summed E-state index contributed by atoms with van der Waals surface area (Å²) in [6.07, 6.45) is 5.34. The van der Waals surface area contributed by atoms with Crippen LogP contribution in [-0.2, 0) is 11.3 Å². The standard InChI is InChI=1S/C18H17ClN4O2/c19-15-1-3-16(4-2-15)25-13-18(24)21-10-12-23-11-7-17(22-23)14-5-8-20-9-6-14/h1-9,11H,10,12-13H2,(H,21,24). The minimum absolute atomic E-state index is 0.0387. The first kappa shape index (κ1) is 17.0. The number of amides is 1. The molecule has 3 rings (SSSR count). The Morgan fingerprint density at radius 1 is 1.12 bits per heavy atom. The van der Waals surface area contributed by atoms with Gasteiger partial charge in [-0.3, -0.25) is 14.5 Å². The number of hydrogen-bond acceptors (Lipinski definition) is 4. The van der Waals surface area contributed by atoms with Crippen LogP contribution in [0.3, 0.4) is 0 Å². The Bertz CT molecular complexity index is 819. The van der Waals surface area contributed by atoms with Gasteiger partial charge in [-0.25, -0.2) is 0 Å². The van der Waals surface area contributed by atoms with Gasteiger partial charge in [0.1, 0.15) is 5.75 Å². The largest absolute Gasteiger partial charge is 0.484 e. The maximum atomic E-state index is 11.8. The van der Waals surface area contributed by atoms with Gasteiger partial charge in [-0.05, 0) is 42.5 Å². The Morgan fingerprint density at radius 3 is 2.64 bits per heavy atom. The molecule has 7 heteroatoms. The van der Waals surface area contributed by atoms with Gasteiger partial charge in [0.05, 0.1) is 12.2 Å². The average Bonchev–Trinajstić information content (AvgIpc) is 3.11. The number of rotatable bonds is 7. The van der Waals surface area contributed by atoms with Gasteiger partial charge in [0.2, 0.25) is 0 Å². The van der Waals surface area contributed by atoms with E-state index in [9.17, 15) is 4.79 Å². The molecule has 128 valence electrons. The Balaban J connectivity index is 1.41. The summed E-state index contributed by atoms with van der Waals surface area (Å²) in [5.74, 6) is 0.421. The molecule has 0 aliphatic carbocycles. The predicted octanol–water partition coefficient (Wildman–Crippen LogP) is 2.79. The molecular formula is C18H17ClN4O2. The zero-order valence-electron chi connectivity index (χ0n) is 13.4. The van der Waals surface area contributed by atoms with Crippen LogP contribution in [0.2, 0.25) is 5.02 Å². The first-order chi connectivity index (χ1) is 12.2. The number of nitrogens with zero attached hydrogens (tertiary/aromatic N) is 3. The second kappa shape index (κ2) is 8.30. The van der Waals surface area contributed by atoms with Crippen molar-refractivity contribution in [1.29, 1.82) is 0 Å². The highest BCUT2D eigenvalue weighted by atomic mass is 35.5. The zero-order chi connectivity index (χ0) is 17.5. The van der Waals surface area contributed by atoms with Gasteiger partial charge in [-0.15, -0.1) is 0 Å². The Kier molecular flexibility index (Phi) is 5.64. The summed E-state index contributed by atoms with van der Waals surface area (Å²) >= 11 is 5.80. The molecule has 0 fully saturated rings. The predicted molar refractivity (Wildman–Crippen MR) is 95.4 cm³/mol. The molecule has 0 radical (unpaired) electrons. The van der Waals surface area contributed by atoms with Crippen LogP contribution < -0.4 is 10.1 Å². The van der Waals surface area contributed by atoms with E-state index in [0.717, 1.165) is 11.3 Å². The lowest BCUT2D eigenvalue weighted by molar-refractivity contribution is -0.123. The fourth-order valence-electron chi connectivity index (χ4n) is 2.20. The van der Waals surface area contributed by atoms with E-state index in [-0.39, 0.29) is 12.5 Å². The van der Waals surface area contributed by atoms with E-state index >= 15 is 0 Å². The van der Waals surface area contributed by atoms with Gasteiger partial charge >= 0.3 is 0 Å². The summed E-state index contributed by atoms with van der Waals surface area (Å²) in [5.41, 5.74) is 1.88. The third-order valence-electron chi connectivity index (χ3n) is 3.46. The average molecular weight is 357 g/mol. The summed E-state index contributed by atoms with van der Waals surface area (Å²) in [6.45, 7) is 1.01. The molecule has 0 bridgehead atoms. The van der Waals surface area contributed by atoms with E-state index in [2.05, 4.69) is 15.4 Å². The van der Waals surface area contributed by atoms with Crippen LogP contribution in [0, 0.1) is 0 Å². The molecule has 0 atom stereocenters. The molecule has 0 saturated carbocycles. The molecule has 3 aromatic rings. The lowest BCUT2D eigenvalue weighted by Gasteiger charge is -2.07. The lowest BCUT2D eigenvalue weighted by Crippen LogP contribution is -2.31. The van der Waals surface area contributed by atoms with Gasteiger partial charge in [0.25, 0.3) is 5.91 Å². The number of carbonyl (C=O) groups is 1. The molecule has 6 nitrogen and oxygen atoms in total. The monoisotopic (exact) mass is 356 g/mol. The summed E-state index contributed by atoms with van der Waals surface area (Å²) in [6, 6.07) is 12.6. The molecule has 2 aromatic heterocycles. The molecule has 1 aromatic carbocycles. The number of nitrogens with one attached hydrogen (secondary N) is 1. The Labute approximate surface area is 150 Å². The van der Waals surface area contributed by atoms with Crippen molar-refractivity contribution in [2.24, 2.45) is 0 Å². The Hall–Kier alpha value is -2.86. The maximum absolute atomic E-state index is 11.8. The van der Waals surface area contributed by atoms with Crippen LogP contribution in [0.25, 0.3) is 11.3 Å².